The lowest BCUT2D eigenvalue weighted by Crippen LogP contribution is -2.56. The minimum absolute atomic E-state index is 0.173. The third kappa shape index (κ3) is 9.14. The first kappa shape index (κ1) is 33.2. The van der Waals surface area contributed by atoms with Gasteiger partial charge in [-0.3, -0.25) is 19.5 Å². The Morgan fingerprint density at radius 1 is 0.689 bits per heavy atom. The Balaban J connectivity index is 1.64. The van der Waals surface area contributed by atoms with Crippen LogP contribution in [0, 0.1) is 0 Å². The van der Waals surface area contributed by atoms with E-state index < -0.39 is 23.8 Å². The highest BCUT2D eigenvalue weighted by Crippen LogP contribution is 2.21. The predicted octanol–water partition coefficient (Wildman–Crippen LogP) is 5.78. The van der Waals surface area contributed by atoms with Crippen LogP contribution in [0.3, 0.4) is 0 Å². The van der Waals surface area contributed by atoms with Crippen LogP contribution < -0.4 is 0 Å². The van der Waals surface area contributed by atoms with E-state index in [0.29, 0.717) is 19.4 Å². The summed E-state index contributed by atoms with van der Waals surface area (Å²) in [6.45, 7) is 5.86. The summed E-state index contributed by atoms with van der Waals surface area (Å²) in [4.78, 5) is 50.4. The molecule has 3 amide bonds. The molecule has 4 aromatic rings. The summed E-state index contributed by atoms with van der Waals surface area (Å²) in [5.41, 5.74) is 2.17. The van der Waals surface area contributed by atoms with E-state index in [0.717, 1.165) is 27.5 Å². The van der Waals surface area contributed by atoms with Crippen molar-refractivity contribution in [2.24, 2.45) is 0 Å². The summed E-state index contributed by atoms with van der Waals surface area (Å²) in [5.74, 6) is -0.513. The van der Waals surface area contributed by atoms with Crippen molar-refractivity contribution in [3.05, 3.63) is 114 Å². The molecule has 0 aliphatic rings. The molecule has 0 radical (unpaired) electrons. The van der Waals surface area contributed by atoms with Gasteiger partial charge in [0.25, 0.3) is 0 Å². The van der Waals surface area contributed by atoms with Gasteiger partial charge in [0.05, 0.1) is 0 Å². The maximum atomic E-state index is 14.5. The van der Waals surface area contributed by atoms with Gasteiger partial charge in [-0.1, -0.05) is 72.8 Å². The summed E-state index contributed by atoms with van der Waals surface area (Å²) in [6.07, 6.45) is 4.12. The first-order valence-electron chi connectivity index (χ1n) is 15.3. The average Bonchev–Trinajstić information content (AvgIpc) is 3.03. The van der Waals surface area contributed by atoms with E-state index in [4.69, 9.17) is 4.74 Å². The summed E-state index contributed by atoms with van der Waals surface area (Å²) < 4.78 is 5.67. The second kappa shape index (κ2) is 14.8. The number of amides is 3. The van der Waals surface area contributed by atoms with Crippen LogP contribution in [-0.4, -0.2) is 83.0 Å². The van der Waals surface area contributed by atoms with Gasteiger partial charge < -0.3 is 14.5 Å². The second-order valence-corrected chi connectivity index (χ2v) is 12.5. The van der Waals surface area contributed by atoms with Crippen LogP contribution in [0.15, 0.2) is 97.3 Å². The van der Waals surface area contributed by atoms with Crippen molar-refractivity contribution >= 4 is 28.7 Å². The molecule has 0 spiro atoms. The van der Waals surface area contributed by atoms with Gasteiger partial charge in [0.2, 0.25) is 11.8 Å². The third-order valence-electron chi connectivity index (χ3n) is 7.91. The third-order valence-corrected chi connectivity index (χ3v) is 7.91. The number of ether oxygens (including phenoxy) is 1. The normalized spacial score (nSPS) is 12.7. The number of rotatable bonds is 11. The standard InChI is InChI=1S/C37H44N4O4/c1-37(2,3)45-36(44)41(6)33(26-29-16-17-30-14-10-11-15-31(30)24-29)35(43)40(5)32(25-28-12-8-7-9-13-28)34(42)39(4)23-20-27-18-21-38-22-19-27/h7-19,21-22,24,32-33H,20,23,25-26H2,1-6H3. The minimum atomic E-state index is -0.904. The molecular formula is C37H44N4O4. The van der Waals surface area contributed by atoms with Crippen molar-refractivity contribution in [2.45, 2.75) is 57.7 Å². The van der Waals surface area contributed by atoms with Gasteiger partial charge in [0.1, 0.15) is 17.7 Å². The number of hydrogen-bond donors (Lipinski definition) is 0. The highest BCUT2D eigenvalue weighted by Gasteiger charge is 2.37. The van der Waals surface area contributed by atoms with Gasteiger partial charge in [0, 0.05) is 52.9 Å². The average molecular weight is 609 g/mol. The smallest absolute Gasteiger partial charge is 0.410 e. The predicted molar refractivity (Wildman–Crippen MR) is 178 cm³/mol. The fourth-order valence-corrected chi connectivity index (χ4v) is 5.27. The van der Waals surface area contributed by atoms with Crippen molar-refractivity contribution < 1.29 is 19.1 Å². The van der Waals surface area contributed by atoms with Crippen molar-refractivity contribution in [1.29, 1.82) is 0 Å². The lowest BCUT2D eigenvalue weighted by molar-refractivity contribution is -0.146. The van der Waals surface area contributed by atoms with E-state index >= 15 is 0 Å². The van der Waals surface area contributed by atoms with Crippen LogP contribution in [0.2, 0.25) is 0 Å². The molecule has 0 fully saturated rings. The highest BCUT2D eigenvalue weighted by atomic mass is 16.6. The first-order valence-corrected chi connectivity index (χ1v) is 15.3. The van der Waals surface area contributed by atoms with Crippen LogP contribution in [-0.2, 0) is 33.6 Å². The van der Waals surface area contributed by atoms with Crippen molar-refractivity contribution in [2.75, 3.05) is 27.7 Å². The van der Waals surface area contributed by atoms with E-state index in [-0.39, 0.29) is 18.2 Å². The van der Waals surface area contributed by atoms with E-state index in [2.05, 4.69) is 4.98 Å². The van der Waals surface area contributed by atoms with E-state index in [1.807, 2.05) is 84.9 Å². The minimum Gasteiger partial charge on any atom is -0.444 e. The first-order chi connectivity index (χ1) is 21.4. The van der Waals surface area contributed by atoms with Gasteiger partial charge in [-0.25, -0.2) is 4.79 Å². The summed E-state index contributed by atoms with van der Waals surface area (Å²) in [5, 5.41) is 2.13. The molecule has 4 rings (SSSR count). The lowest BCUT2D eigenvalue weighted by atomic mass is 9.98. The quantitative estimate of drug-likeness (QED) is 0.216. The van der Waals surface area contributed by atoms with Gasteiger partial charge in [-0.2, -0.15) is 0 Å². The molecule has 0 aliphatic carbocycles. The number of aromatic nitrogens is 1. The van der Waals surface area contributed by atoms with Crippen LogP contribution in [0.5, 0.6) is 0 Å². The molecule has 45 heavy (non-hydrogen) atoms. The Morgan fingerprint density at radius 3 is 1.96 bits per heavy atom. The Bertz CT molecular complexity index is 1590. The monoisotopic (exact) mass is 608 g/mol. The van der Waals surface area contributed by atoms with Crippen LogP contribution in [0.4, 0.5) is 4.79 Å². The molecule has 0 bridgehead atoms. The Labute approximate surface area is 266 Å². The van der Waals surface area contributed by atoms with Crippen molar-refractivity contribution in [3.8, 4) is 0 Å². The SMILES string of the molecule is CN(CCc1ccncc1)C(=O)C(Cc1ccccc1)N(C)C(=O)C(Cc1ccc2ccccc2c1)N(C)C(=O)OC(C)(C)C. The van der Waals surface area contributed by atoms with Gasteiger partial charge >= 0.3 is 6.09 Å². The van der Waals surface area contributed by atoms with Crippen LogP contribution in [0.25, 0.3) is 10.8 Å². The van der Waals surface area contributed by atoms with Crippen molar-refractivity contribution in [1.82, 2.24) is 19.7 Å². The number of carbonyl (C=O) groups excluding carboxylic acids is 3. The molecule has 1 aromatic heterocycles. The Kier molecular flexibility index (Phi) is 10.9. The molecular weight excluding hydrogens is 564 g/mol. The summed E-state index contributed by atoms with van der Waals surface area (Å²) >= 11 is 0. The Morgan fingerprint density at radius 2 is 1.29 bits per heavy atom. The maximum Gasteiger partial charge on any atom is 0.410 e. The largest absolute Gasteiger partial charge is 0.444 e. The van der Waals surface area contributed by atoms with E-state index in [1.165, 1.54) is 9.80 Å². The lowest BCUT2D eigenvalue weighted by Gasteiger charge is -2.36. The summed E-state index contributed by atoms with van der Waals surface area (Å²) in [6, 6.07) is 25.9. The zero-order chi connectivity index (χ0) is 32.6. The molecule has 1 heterocycles. The van der Waals surface area contributed by atoms with Gasteiger partial charge in [0.15, 0.2) is 0 Å². The van der Waals surface area contributed by atoms with E-state index in [9.17, 15) is 14.4 Å². The molecule has 8 heteroatoms. The topological polar surface area (TPSA) is 83.1 Å². The Hall–Kier alpha value is -4.72. The number of pyridine rings is 1. The number of nitrogens with zero attached hydrogens (tertiary/aromatic N) is 4. The molecule has 236 valence electrons. The zero-order valence-corrected chi connectivity index (χ0v) is 27.1. The molecule has 0 saturated carbocycles. The second-order valence-electron chi connectivity index (χ2n) is 12.5. The highest BCUT2D eigenvalue weighted by molar-refractivity contribution is 5.92. The fourth-order valence-electron chi connectivity index (χ4n) is 5.27. The molecule has 2 atom stereocenters. The van der Waals surface area contributed by atoms with E-state index in [1.54, 1.807) is 59.2 Å². The molecule has 2 unspecified atom stereocenters. The number of fused-ring (bicyclic) bond motifs is 1. The van der Waals surface area contributed by atoms with Gasteiger partial charge in [-0.15, -0.1) is 0 Å². The molecule has 0 saturated heterocycles. The fraction of sp³-hybridized carbons (Fsp3) is 0.351. The molecule has 0 aliphatic heterocycles. The zero-order valence-electron chi connectivity index (χ0n) is 27.1. The van der Waals surface area contributed by atoms with Crippen LogP contribution >= 0.6 is 0 Å². The molecule has 3 aromatic carbocycles. The number of benzene rings is 3. The molecule has 0 N–H and O–H groups in total. The van der Waals surface area contributed by atoms with Crippen molar-refractivity contribution in [3.63, 3.8) is 0 Å². The summed E-state index contributed by atoms with van der Waals surface area (Å²) in [7, 11) is 5.00. The number of likely N-dealkylation sites (N-methyl/N-ethyl adjacent to an activating group) is 3. The number of carbonyl (C=O) groups is 3. The van der Waals surface area contributed by atoms with Gasteiger partial charge in [-0.05, 0) is 66.8 Å². The van der Waals surface area contributed by atoms with Crippen LogP contribution in [0.1, 0.15) is 37.5 Å². The maximum absolute atomic E-state index is 14.5. The molecule has 8 nitrogen and oxygen atoms in total. The number of hydrogen-bond acceptors (Lipinski definition) is 5.